The third kappa shape index (κ3) is 4.99. The number of benzene rings is 1. The number of ether oxygens (including phenoxy) is 2. The Morgan fingerprint density at radius 2 is 1.89 bits per heavy atom. The Balaban J connectivity index is 2.48. The van der Waals surface area contributed by atoms with Gasteiger partial charge in [0.15, 0.2) is 6.10 Å². The quantitative estimate of drug-likeness (QED) is 0.788. The van der Waals surface area contributed by atoms with Gasteiger partial charge in [0.1, 0.15) is 5.75 Å². The van der Waals surface area contributed by atoms with E-state index in [1.165, 1.54) is 0 Å². The van der Waals surface area contributed by atoms with Crippen molar-refractivity contribution in [3.63, 3.8) is 0 Å². The predicted molar refractivity (Wildman–Crippen MR) is 70.9 cm³/mol. The summed E-state index contributed by atoms with van der Waals surface area (Å²) in [5.74, 6) is 0.0160. The molecule has 104 valence electrons. The van der Waals surface area contributed by atoms with Gasteiger partial charge in [-0.15, -0.1) is 0 Å². The summed E-state index contributed by atoms with van der Waals surface area (Å²) in [5, 5.41) is 2.60. The molecule has 1 N–H and O–H groups in total. The van der Waals surface area contributed by atoms with Gasteiger partial charge in [0.25, 0.3) is 5.91 Å². The minimum atomic E-state index is -0.773. The van der Waals surface area contributed by atoms with Crippen LogP contribution in [0.1, 0.15) is 19.4 Å². The molecule has 0 saturated carbocycles. The lowest BCUT2D eigenvalue weighted by atomic mass is 10.1. The summed E-state index contributed by atoms with van der Waals surface area (Å²) in [6.07, 6.45) is -0.640. The zero-order chi connectivity index (χ0) is 14.3. The van der Waals surface area contributed by atoms with Gasteiger partial charge < -0.3 is 14.8 Å². The van der Waals surface area contributed by atoms with Crippen molar-refractivity contribution in [2.45, 2.75) is 26.4 Å². The van der Waals surface area contributed by atoms with E-state index in [9.17, 15) is 9.59 Å². The van der Waals surface area contributed by atoms with Crippen LogP contribution in [0.5, 0.6) is 5.75 Å². The van der Waals surface area contributed by atoms with Gasteiger partial charge in [0, 0.05) is 6.54 Å². The van der Waals surface area contributed by atoms with Crippen LogP contribution in [0.3, 0.4) is 0 Å². The van der Waals surface area contributed by atoms with Crippen LogP contribution in [0.15, 0.2) is 24.3 Å². The molecule has 0 aliphatic carbocycles. The van der Waals surface area contributed by atoms with Crippen molar-refractivity contribution in [3.8, 4) is 5.75 Å². The van der Waals surface area contributed by atoms with Crippen molar-refractivity contribution in [1.82, 2.24) is 5.32 Å². The maximum absolute atomic E-state index is 11.7. The van der Waals surface area contributed by atoms with E-state index in [1.807, 2.05) is 6.92 Å². The van der Waals surface area contributed by atoms with Gasteiger partial charge in [0.2, 0.25) is 0 Å². The van der Waals surface area contributed by atoms with Crippen molar-refractivity contribution >= 4 is 11.9 Å². The van der Waals surface area contributed by atoms with Crippen molar-refractivity contribution in [3.05, 3.63) is 29.8 Å². The zero-order valence-corrected chi connectivity index (χ0v) is 11.4. The summed E-state index contributed by atoms with van der Waals surface area (Å²) in [6, 6.07) is 7.12. The van der Waals surface area contributed by atoms with Gasteiger partial charge in [-0.1, -0.05) is 12.1 Å². The highest BCUT2D eigenvalue weighted by atomic mass is 16.5. The fraction of sp³-hybridized carbons (Fsp3) is 0.429. The molecule has 1 amide bonds. The minimum Gasteiger partial charge on any atom is -0.497 e. The Morgan fingerprint density at radius 1 is 1.26 bits per heavy atom. The smallest absolute Gasteiger partial charge is 0.311 e. The molecule has 0 spiro atoms. The molecule has 0 heterocycles. The van der Waals surface area contributed by atoms with Crippen LogP contribution < -0.4 is 10.1 Å². The van der Waals surface area contributed by atoms with Crippen LogP contribution in [-0.4, -0.2) is 31.6 Å². The number of nitrogens with one attached hydrogen (secondary N) is 1. The van der Waals surface area contributed by atoms with Crippen molar-refractivity contribution in [2.75, 3.05) is 13.7 Å². The molecule has 0 aliphatic heterocycles. The van der Waals surface area contributed by atoms with Gasteiger partial charge in [-0.3, -0.25) is 9.59 Å². The van der Waals surface area contributed by atoms with E-state index < -0.39 is 12.1 Å². The fourth-order valence-corrected chi connectivity index (χ4v) is 1.52. The number of likely N-dealkylation sites (N-methyl/N-ethyl adjacent to an activating group) is 1. The van der Waals surface area contributed by atoms with E-state index in [1.54, 1.807) is 38.3 Å². The molecule has 0 saturated heterocycles. The first-order chi connectivity index (χ1) is 9.06. The molecule has 19 heavy (non-hydrogen) atoms. The summed E-state index contributed by atoms with van der Waals surface area (Å²) in [4.78, 5) is 23.1. The average Bonchev–Trinajstić information content (AvgIpc) is 2.39. The molecule has 5 heteroatoms. The maximum Gasteiger partial charge on any atom is 0.311 e. The van der Waals surface area contributed by atoms with E-state index in [2.05, 4.69) is 5.32 Å². The first kappa shape index (κ1) is 15.0. The molecule has 0 radical (unpaired) electrons. The first-order valence-electron chi connectivity index (χ1n) is 6.17. The lowest BCUT2D eigenvalue weighted by molar-refractivity contribution is -0.154. The van der Waals surface area contributed by atoms with Crippen LogP contribution in [-0.2, 0) is 20.7 Å². The molecule has 1 atom stereocenters. The van der Waals surface area contributed by atoms with Gasteiger partial charge in [-0.05, 0) is 31.5 Å². The maximum atomic E-state index is 11.7. The molecule has 0 bridgehead atoms. The summed E-state index contributed by atoms with van der Waals surface area (Å²) >= 11 is 0. The van der Waals surface area contributed by atoms with Crippen LogP contribution in [0.2, 0.25) is 0 Å². The van der Waals surface area contributed by atoms with Gasteiger partial charge >= 0.3 is 5.97 Å². The number of hydrogen-bond donors (Lipinski definition) is 1. The first-order valence-corrected chi connectivity index (χ1v) is 6.17. The third-order valence-electron chi connectivity index (χ3n) is 2.54. The molecular formula is C14H19NO4. The predicted octanol–water partition coefficient (Wildman–Crippen LogP) is 1.31. The van der Waals surface area contributed by atoms with Crippen LogP contribution in [0.4, 0.5) is 0 Å². The topological polar surface area (TPSA) is 64.6 Å². The summed E-state index contributed by atoms with van der Waals surface area (Å²) in [6.45, 7) is 3.87. The van der Waals surface area contributed by atoms with E-state index in [0.717, 1.165) is 11.3 Å². The standard InChI is InChI=1S/C14H19NO4/c1-4-15-14(17)10(2)19-13(16)9-11-5-7-12(18-3)8-6-11/h5-8,10H,4,9H2,1-3H3,(H,15,17)/t10-/m1/s1. The molecule has 5 nitrogen and oxygen atoms in total. The van der Waals surface area contributed by atoms with E-state index >= 15 is 0 Å². The normalized spacial score (nSPS) is 11.5. The number of methoxy groups -OCH3 is 1. The van der Waals surface area contributed by atoms with Crippen molar-refractivity contribution in [2.24, 2.45) is 0 Å². The number of esters is 1. The number of carbonyl (C=O) groups excluding carboxylic acids is 2. The zero-order valence-electron chi connectivity index (χ0n) is 11.4. The molecule has 0 fully saturated rings. The van der Waals surface area contributed by atoms with E-state index in [4.69, 9.17) is 9.47 Å². The van der Waals surface area contributed by atoms with Crippen molar-refractivity contribution < 1.29 is 19.1 Å². The van der Waals surface area contributed by atoms with Gasteiger partial charge in [-0.25, -0.2) is 0 Å². The summed E-state index contributed by atoms with van der Waals surface area (Å²) in [5.41, 5.74) is 0.814. The van der Waals surface area contributed by atoms with Crippen molar-refractivity contribution in [1.29, 1.82) is 0 Å². The largest absolute Gasteiger partial charge is 0.497 e. The highest BCUT2D eigenvalue weighted by molar-refractivity contribution is 5.83. The molecule has 1 rings (SSSR count). The van der Waals surface area contributed by atoms with E-state index in [0.29, 0.717) is 6.54 Å². The molecular weight excluding hydrogens is 246 g/mol. The Kier molecular flexibility index (Phi) is 5.85. The number of carbonyl (C=O) groups is 2. The summed E-state index contributed by atoms with van der Waals surface area (Å²) in [7, 11) is 1.58. The molecule has 0 aromatic heterocycles. The lowest BCUT2D eigenvalue weighted by Gasteiger charge is -2.12. The highest BCUT2D eigenvalue weighted by Gasteiger charge is 2.16. The Hall–Kier alpha value is -2.04. The molecule has 0 unspecified atom stereocenters. The van der Waals surface area contributed by atoms with Crippen LogP contribution >= 0.6 is 0 Å². The van der Waals surface area contributed by atoms with Gasteiger partial charge in [-0.2, -0.15) is 0 Å². The van der Waals surface area contributed by atoms with E-state index in [-0.39, 0.29) is 12.3 Å². The lowest BCUT2D eigenvalue weighted by Crippen LogP contribution is -2.35. The second kappa shape index (κ2) is 7.41. The second-order valence-electron chi connectivity index (χ2n) is 4.05. The minimum absolute atomic E-state index is 0.133. The fourth-order valence-electron chi connectivity index (χ4n) is 1.52. The number of amides is 1. The molecule has 1 aromatic rings. The average molecular weight is 265 g/mol. The Labute approximate surface area is 112 Å². The van der Waals surface area contributed by atoms with Gasteiger partial charge in [0.05, 0.1) is 13.5 Å². The molecule has 0 aliphatic rings. The van der Waals surface area contributed by atoms with Crippen LogP contribution in [0, 0.1) is 0 Å². The van der Waals surface area contributed by atoms with Crippen LogP contribution in [0.25, 0.3) is 0 Å². The number of rotatable bonds is 6. The monoisotopic (exact) mass is 265 g/mol. The second-order valence-corrected chi connectivity index (χ2v) is 4.05. The number of hydrogen-bond acceptors (Lipinski definition) is 4. The Morgan fingerprint density at radius 3 is 2.42 bits per heavy atom. The highest BCUT2D eigenvalue weighted by Crippen LogP contribution is 2.12. The molecule has 1 aromatic carbocycles. The summed E-state index contributed by atoms with van der Waals surface area (Å²) < 4.78 is 10.1. The Bertz CT molecular complexity index is 428. The SMILES string of the molecule is CCNC(=O)[C@@H](C)OC(=O)Cc1ccc(OC)cc1. The third-order valence-corrected chi connectivity index (χ3v) is 2.54.